The van der Waals surface area contributed by atoms with Gasteiger partial charge in [0.2, 0.25) is 0 Å². The van der Waals surface area contributed by atoms with E-state index < -0.39 is 0 Å². The minimum atomic E-state index is -0.370. The first-order chi connectivity index (χ1) is 12.6. The molecule has 1 aromatic heterocycles. The summed E-state index contributed by atoms with van der Waals surface area (Å²) < 4.78 is 5.09. The third kappa shape index (κ3) is 2.91. The Morgan fingerprint density at radius 1 is 1.38 bits per heavy atom. The number of rotatable bonds is 2. The van der Waals surface area contributed by atoms with Gasteiger partial charge in [-0.3, -0.25) is 4.79 Å². The topological polar surface area (TPSA) is 70.7 Å². The summed E-state index contributed by atoms with van der Waals surface area (Å²) in [4.78, 5) is 27.4. The number of ether oxygens (including phenoxy) is 1. The van der Waals surface area contributed by atoms with Gasteiger partial charge in [0.25, 0.3) is 5.91 Å². The molecule has 0 radical (unpaired) electrons. The predicted octanol–water partition coefficient (Wildman–Crippen LogP) is 3.77. The molecule has 2 aromatic rings. The van der Waals surface area contributed by atoms with Crippen molar-refractivity contribution in [3.63, 3.8) is 0 Å². The van der Waals surface area contributed by atoms with Crippen LogP contribution in [0.2, 0.25) is 5.02 Å². The fourth-order valence-electron chi connectivity index (χ4n) is 3.35. The monoisotopic (exact) mass is 391 g/mol. The smallest absolute Gasteiger partial charge is 0.410 e. The standard InChI is InChI=1S/C18H18ClN3O3S/c1-2-25-18(24)22-8-7-11-13(9-22)26-17-14(11)16(23)20-15(21-17)10-5-3-4-6-12(10)19/h3-6,15,21H,2,7-9H2,1H3,(H,20,23)/t15-/m0/s1. The van der Waals surface area contributed by atoms with Crippen LogP contribution in [0.1, 0.15) is 39.5 Å². The highest BCUT2D eigenvalue weighted by atomic mass is 35.5. The fourth-order valence-corrected chi connectivity index (χ4v) is 4.88. The normalized spacial score (nSPS) is 18.5. The molecule has 0 bridgehead atoms. The number of halogens is 1. The minimum absolute atomic E-state index is 0.106. The van der Waals surface area contributed by atoms with Gasteiger partial charge in [-0.25, -0.2) is 4.79 Å². The van der Waals surface area contributed by atoms with Gasteiger partial charge in [0.05, 0.1) is 18.7 Å². The van der Waals surface area contributed by atoms with E-state index in [1.54, 1.807) is 17.9 Å². The van der Waals surface area contributed by atoms with Crippen molar-refractivity contribution >= 4 is 39.9 Å². The van der Waals surface area contributed by atoms with Crippen LogP contribution >= 0.6 is 22.9 Å². The molecule has 0 unspecified atom stereocenters. The van der Waals surface area contributed by atoms with Crippen molar-refractivity contribution in [2.75, 3.05) is 18.5 Å². The van der Waals surface area contributed by atoms with Crippen LogP contribution in [-0.4, -0.2) is 30.1 Å². The fraction of sp³-hybridized carbons (Fsp3) is 0.333. The van der Waals surface area contributed by atoms with E-state index in [0.717, 1.165) is 21.0 Å². The number of carbonyl (C=O) groups excluding carboxylic acids is 2. The first-order valence-corrected chi connectivity index (χ1v) is 9.66. The zero-order valence-corrected chi connectivity index (χ0v) is 15.7. The summed E-state index contributed by atoms with van der Waals surface area (Å²) in [6.45, 7) is 3.17. The number of hydrogen-bond acceptors (Lipinski definition) is 5. The molecule has 2 aliphatic heterocycles. The summed E-state index contributed by atoms with van der Waals surface area (Å²) in [5.41, 5.74) is 2.54. The Hall–Kier alpha value is -2.25. The third-order valence-electron chi connectivity index (χ3n) is 4.58. The lowest BCUT2D eigenvalue weighted by molar-refractivity contribution is 0.0934. The van der Waals surface area contributed by atoms with Gasteiger partial charge in [0.1, 0.15) is 11.2 Å². The van der Waals surface area contributed by atoms with Crippen LogP contribution in [0.4, 0.5) is 9.80 Å². The zero-order chi connectivity index (χ0) is 18.3. The zero-order valence-electron chi connectivity index (χ0n) is 14.2. The van der Waals surface area contributed by atoms with E-state index in [4.69, 9.17) is 16.3 Å². The molecule has 0 saturated carbocycles. The number of carbonyl (C=O) groups is 2. The molecule has 2 N–H and O–H groups in total. The van der Waals surface area contributed by atoms with Crippen LogP contribution in [0.25, 0.3) is 0 Å². The molecule has 136 valence electrons. The summed E-state index contributed by atoms with van der Waals surface area (Å²) in [5, 5.41) is 7.79. The van der Waals surface area contributed by atoms with Crippen LogP contribution in [0.5, 0.6) is 0 Å². The van der Waals surface area contributed by atoms with Gasteiger partial charge in [0, 0.05) is 22.0 Å². The Morgan fingerprint density at radius 2 is 2.19 bits per heavy atom. The Morgan fingerprint density at radius 3 is 2.96 bits per heavy atom. The van der Waals surface area contributed by atoms with Crippen LogP contribution < -0.4 is 10.6 Å². The second kappa shape index (κ2) is 6.81. The molecule has 2 aliphatic rings. The first-order valence-electron chi connectivity index (χ1n) is 8.46. The Kier molecular flexibility index (Phi) is 4.50. The molecule has 4 rings (SSSR count). The molecule has 0 aliphatic carbocycles. The highest BCUT2D eigenvalue weighted by Gasteiger charge is 2.34. The van der Waals surface area contributed by atoms with E-state index in [-0.39, 0.29) is 18.2 Å². The quantitative estimate of drug-likeness (QED) is 0.817. The molecule has 2 amide bonds. The van der Waals surface area contributed by atoms with Gasteiger partial charge < -0.3 is 20.3 Å². The molecule has 8 heteroatoms. The van der Waals surface area contributed by atoms with Crippen LogP contribution in [0.3, 0.4) is 0 Å². The van der Waals surface area contributed by atoms with E-state index in [1.807, 2.05) is 18.2 Å². The Bertz CT molecular complexity index is 883. The molecular weight excluding hydrogens is 374 g/mol. The van der Waals surface area contributed by atoms with Crippen molar-refractivity contribution in [3.8, 4) is 0 Å². The van der Waals surface area contributed by atoms with Gasteiger partial charge in [-0.2, -0.15) is 0 Å². The second-order valence-electron chi connectivity index (χ2n) is 6.15. The maximum atomic E-state index is 12.7. The third-order valence-corrected chi connectivity index (χ3v) is 6.07. The molecule has 0 fully saturated rings. The lowest BCUT2D eigenvalue weighted by atomic mass is 10.0. The van der Waals surface area contributed by atoms with Crippen LogP contribution in [0, 0.1) is 0 Å². The van der Waals surface area contributed by atoms with Crippen molar-refractivity contribution in [2.45, 2.75) is 26.1 Å². The maximum absolute atomic E-state index is 12.7. The van der Waals surface area contributed by atoms with Gasteiger partial charge in [-0.05, 0) is 25.0 Å². The van der Waals surface area contributed by atoms with Crippen molar-refractivity contribution in [1.82, 2.24) is 10.2 Å². The first kappa shape index (κ1) is 17.2. The molecule has 0 saturated heterocycles. The number of nitrogens with one attached hydrogen (secondary N) is 2. The van der Waals surface area contributed by atoms with Crippen molar-refractivity contribution < 1.29 is 14.3 Å². The van der Waals surface area contributed by atoms with E-state index in [2.05, 4.69) is 10.6 Å². The van der Waals surface area contributed by atoms with E-state index in [9.17, 15) is 9.59 Å². The van der Waals surface area contributed by atoms with Gasteiger partial charge >= 0.3 is 6.09 Å². The maximum Gasteiger partial charge on any atom is 0.410 e. The van der Waals surface area contributed by atoms with Crippen molar-refractivity contribution in [2.24, 2.45) is 0 Å². The summed E-state index contributed by atoms with van der Waals surface area (Å²) in [7, 11) is 0. The van der Waals surface area contributed by atoms with Gasteiger partial charge in [0.15, 0.2) is 0 Å². The summed E-state index contributed by atoms with van der Waals surface area (Å²) in [6, 6.07) is 7.44. The molecular formula is C18H18ClN3O3S. The largest absolute Gasteiger partial charge is 0.450 e. The van der Waals surface area contributed by atoms with E-state index in [0.29, 0.717) is 36.7 Å². The molecule has 1 atom stereocenters. The average Bonchev–Trinajstić information content (AvgIpc) is 3.00. The summed E-state index contributed by atoms with van der Waals surface area (Å²) >= 11 is 7.79. The van der Waals surface area contributed by atoms with Crippen molar-refractivity contribution in [3.05, 3.63) is 50.9 Å². The van der Waals surface area contributed by atoms with E-state index in [1.165, 1.54) is 11.3 Å². The number of hydrogen-bond donors (Lipinski definition) is 2. The Balaban J connectivity index is 1.62. The van der Waals surface area contributed by atoms with Crippen LogP contribution in [0.15, 0.2) is 24.3 Å². The Labute approximate surface area is 160 Å². The summed E-state index contributed by atoms with van der Waals surface area (Å²) in [5.74, 6) is -0.106. The van der Waals surface area contributed by atoms with Gasteiger partial charge in [-0.15, -0.1) is 11.3 Å². The highest BCUT2D eigenvalue weighted by Crippen LogP contribution is 2.41. The molecule has 1 aromatic carbocycles. The van der Waals surface area contributed by atoms with Crippen molar-refractivity contribution in [1.29, 1.82) is 0 Å². The summed E-state index contributed by atoms with van der Waals surface area (Å²) in [6.07, 6.45) is -0.0351. The lowest BCUT2D eigenvalue weighted by Crippen LogP contribution is -2.39. The number of anilines is 1. The predicted molar refractivity (Wildman–Crippen MR) is 101 cm³/mol. The molecule has 6 nitrogen and oxygen atoms in total. The second-order valence-corrected chi connectivity index (χ2v) is 7.66. The van der Waals surface area contributed by atoms with E-state index >= 15 is 0 Å². The molecule has 26 heavy (non-hydrogen) atoms. The minimum Gasteiger partial charge on any atom is -0.450 e. The number of fused-ring (bicyclic) bond motifs is 3. The number of nitrogens with zero attached hydrogens (tertiary/aromatic N) is 1. The molecule has 0 spiro atoms. The van der Waals surface area contributed by atoms with Gasteiger partial charge in [-0.1, -0.05) is 29.8 Å². The van der Waals surface area contributed by atoms with Crippen LogP contribution in [-0.2, 0) is 17.7 Å². The number of thiophene rings is 1. The SMILES string of the molecule is CCOC(=O)N1CCc2c(sc3c2C(=O)N[C@H](c2ccccc2Cl)N3)C1. The average molecular weight is 392 g/mol. The highest BCUT2D eigenvalue weighted by molar-refractivity contribution is 7.16. The number of amides is 2. The lowest BCUT2D eigenvalue weighted by Gasteiger charge is -2.28. The number of benzene rings is 1. The molecule has 3 heterocycles.